The number of hydrogen-bond donors (Lipinski definition) is 2. The summed E-state index contributed by atoms with van der Waals surface area (Å²) in [6, 6.07) is 0. The van der Waals surface area contributed by atoms with Crippen molar-refractivity contribution < 1.29 is 9.90 Å². The first-order chi connectivity index (χ1) is 10.2. The van der Waals surface area contributed by atoms with Crippen molar-refractivity contribution in [3.63, 3.8) is 0 Å². The maximum Gasteiger partial charge on any atom is 0.305 e. The summed E-state index contributed by atoms with van der Waals surface area (Å²) in [5.41, 5.74) is 2.04. The average Bonchev–Trinajstić information content (AvgIpc) is 2.74. The highest BCUT2D eigenvalue weighted by Crippen LogP contribution is 2.37. The lowest BCUT2D eigenvalue weighted by Gasteiger charge is -2.30. The van der Waals surface area contributed by atoms with Crippen molar-refractivity contribution in [2.45, 2.75) is 69.7 Å². The number of fused-ring (bicyclic) bond motifs is 1. The zero-order valence-corrected chi connectivity index (χ0v) is 12.4. The fourth-order valence-corrected chi connectivity index (χ4v) is 3.74. The molecule has 0 unspecified atom stereocenters. The summed E-state index contributed by atoms with van der Waals surface area (Å²) in [6.45, 7) is 0. The van der Waals surface area contributed by atoms with Crippen LogP contribution in [0.4, 0.5) is 5.82 Å². The minimum atomic E-state index is -0.732. The van der Waals surface area contributed by atoms with Crippen LogP contribution in [-0.2, 0) is 17.6 Å². The Labute approximate surface area is 125 Å². The van der Waals surface area contributed by atoms with Crippen molar-refractivity contribution in [2.75, 3.05) is 5.32 Å². The summed E-state index contributed by atoms with van der Waals surface area (Å²) in [4.78, 5) is 20.1. The van der Waals surface area contributed by atoms with Gasteiger partial charge in [-0.3, -0.25) is 4.79 Å². The molecule has 5 heteroatoms. The maximum atomic E-state index is 11.2. The summed E-state index contributed by atoms with van der Waals surface area (Å²) in [6.07, 6.45) is 11.4. The quantitative estimate of drug-likeness (QED) is 0.834. The van der Waals surface area contributed by atoms with Crippen LogP contribution in [0.15, 0.2) is 6.33 Å². The molecule has 0 bridgehead atoms. The van der Waals surface area contributed by atoms with E-state index in [9.17, 15) is 9.90 Å². The first-order valence-electron chi connectivity index (χ1n) is 8.01. The molecule has 1 heterocycles. The van der Waals surface area contributed by atoms with Gasteiger partial charge in [0.15, 0.2) is 0 Å². The molecule has 21 heavy (non-hydrogen) atoms. The van der Waals surface area contributed by atoms with Gasteiger partial charge in [-0.1, -0.05) is 19.3 Å². The van der Waals surface area contributed by atoms with Gasteiger partial charge in [0.25, 0.3) is 0 Å². The summed E-state index contributed by atoms with van der Waals surface area (Å²) in [5, 5.41) is 12.7. The Hall–Kier alpha value is -1.65. The number of aromatic nitrogens is 2. The van der Waals surface area contributed by atoms with Crippen LogP contribution in [0.2, 0.25) is 0 Å². The molecule has 0 atom stereocenters. The molecule has 0 radical (unpaired) electrons. The largest absolute Gasteiger partial charge is 0.481 e. The second-order valence-electron chi connectivity index (χ2n) is 6.39. The number of hydrogen-bond acceptors (Lipinski definition) is 4. The molecule has 114 valence electrons. The first-order valence-corrected chi connectivity index (χ1v) is 8.01. The van der Waals surface area contributed by atoms with E-state index >= 15 is 0 Å². The maximum absolute atomic E-state index is 11.2. The van der Waals surface area contributed by atoms with E-state index in [-0.39, 0.29) is 12.0 Å². The number of carboxylic acid groups (broad SMARTS) is 1. The van der Waals surface area contributed by atoms with Crippen LogP contribution in [0.5, 0.6) is 0 Å². The van der Waals surface area contributed by atoms with E-state index < -0.39 is 5.97 Å². The van der Waals surface area contributed by atoms with Crippen molar-refractivity contribution in [1.29, 1.82) is 0 Å². The average molecular weight is 289 g/mol. The van der Waals surface area contributed by atoms with Crippen LogP contribution in [0, 0.1) is 0 Å². The van der Waals surface area contributed by atoms with Gasteiger partial charge >= 0.3 is 5.97 Å². The fraction of sp³-hybridized carbons (Fsp3) is 0.688. The van der Waals surface area contributed by atoms with Gasteiger partial charge in [0.05, 0.1) is 6.42 Å². The molecule has 2 aliphatic carbocycles. The van der Waals surface area contributed by atoms with Gasteiger partial charge in [-0.2, -0.15) is 0 Å². The monoisotopic (exact) mass is 289 g/mol. The zero-order chi connectivity index (χ0) is 14.7. The molecule has 0 aliphatic heterocycles. The Morgan fingerprint density at radius 1 is 1.14 bits per heavy atom. The smallest absolute Gasteiger partial charge is 0.305 e. The van der Waals surface area contributed by atoms with Crippen LogP contribution < -0.4 is 5.32 Å². The number of carbonyl (C=O) groups is 1. The van der Waals surface area contributed by atoms with Crippen molar-refractivity contribution in [3.05, 3.63) is 17.6 Å². The number of nitrogens with one attached hydrogen (secondary N) is 1. The van der Waals surface area contributed by atoms with Crippen LogP contribution in [-0.4, -0.2) is 26.6 Å². The Balaban J connectivity index is 1.88. The highest BCUT2D eigenvalue weighted by atomic mass is 16.4. The summed E-state index contributed by atoms with van der Waals surface area (Å²) >= 11 is 0. The number of nitrogens with zero attached hydrogens (tertiary/aromatic N) is 2. The van der Waals surface area contributed by atoms with Gasteiger partial charge in [0.2, 0.25) is 0 Å². The van der Waals surface area contributed by atoms with Gasteiger partial charge in [-0.15, -0.1) is 0 Å². The molecule has 0 aromatic carbocycles. The second kappa shape index (κ2) is 6.00. The van der Waals surface area contributed by atoms with Gasteiger partial charge in [0, 0.05) is 16.8 Å². The molecule has 0 spiro atoms. The Morgan fingerprint density at radius 2 is 1.90 bits per heavy atom. The third-order valence-corrected chi connectivity index (χ3v) is 4.81. The topological polar surface area (TPSA) is 75.1 Å². The lowest BCUT2D eigenvalue weighted by molar-refractivity contribution is -0.138. The fourth-order valence-electron chi connectivity index (χ4n) is 3.74. The van der Waals surface area contributed by atoms with Crippen LogP contribution in [0.3, 0.4) is 0 Å². The molecule has 0 saturated heterocycles. The second-order valence-corrected chi connectivity index (χ2v) is 6.39. The van der Waals surface area contributed by atoms with E-state index in [4.69, 9.17) is 0 Å². The van der Waals surface area contributed by atoms with Crippen LogP contribution >= 0.6 is 0 Å². The van der Waals surface area contributed by atoms with Crippen LogP contribution in [0.1, 0.15) is 62.6 Å². The minimum Gasteiger partial charge on any atom is -0.481 e. The predicted molar refractivity (Wildman–Crippen MR) is 80.4 cm³/mol. The van der Waals surface area contributed by atoms with Gasteiger partial charge in [-0.05, 0) is 38.5 Å². The number of rotatable bonds is 4. The van der Waals surface area contributed by atoms with Crippen molar-refractivity contribution in [1.82, 2.24) is 9.97 Å². The van der Waals surface area contributed by atoms with E-state index in [1.807, 2.05) is 0 Å². The molecular formula is C16H23N3O2. The summed E-state index contributed by atoms with van der Waals surface area (Å²) in [5.74, 6) is 0.148. The molecular weight excluding hydrogens is 266 g/mol. The molecule has 5 nitrogen and oxygen atoms in total. The molecule has 0 amide bonds. The number of aliphatic carboxylic acids is 1. The van der Waals surface area contributed by atoms with E-state index in [0.717, 1.165) is 50.0 Å². The Morgan fingerprint density at radius 3 is 2.67 bits per heavy atom. The molecule has 3 rings (SSSR count). The molecule has 1 aromatic heterocycles. The number of aryl methyl sites for hydroxylation is 1. The van der Waals surface area contributed by atoms with Crippen LogP contribution in [0.25, 0.3) is 0 Å². The molecule has 2 aliphatic rings. The van der Waals surface area contributed by atoms with Gasteiger partial charge in [-0.25, -0.2) is 9.97 Å². The first kappa shape index (κ1) is 14.3. The van der Waals surface area contributed by atoms with Gasteiger partial charge in [0.1, 0.15) is 12.1 Å². The van der Waals surface area contributed by atoms with E-state index in [1.165, 1.54) is 24.8 Å². The highest BCUT2D eigenvalue weighted by Gasteiger charge is 2.37. The van der Waals surface area contributed by atoms with Crippen molar-refractivity contribution in [3.8, 4) is 0 Å². The third kappa shape index (κ3) is 3.17. The lowest BCUT2D eigenvalue weighted by atomic mass is 9.92. The minimum absolute atomic E-state index is 0.172. The Kier molecular flexibility index (Phi) is 4.08. The Bertz CT molecular complexity index is 524. The normalized spacial score (nSPS) is 20.6. The zero-order valence-electron chi connectivity index (χ0n) is 12.4. The lowest BCUT2D eigenvalue weighted by Crippen LogP contribution is -2.38. The molecule has 1 fully saturated rings. The van der Waals surface area contributed by atoms with Gasteiger partial charge < -0.3 is 10.4 Å². The molecule has 1 aromatic rings. The summed E-state index contributed by atoms with van der Waals surface area (Å²) in [7, 11) is 0. The standard InChI is InChI=1S/C16H23N3O2/c20-14(21)10-16(8-4-5-9-16)19-15-12-6-2-1-3-7-13(12)17-11-18-15/h11H,1-10H2,(H,20,21)(H,17,18,19). The third-order valence-electron chi connectivity index (χ3n) is 4.81. The predicted octanol–water partition coefficient (Wildman–Crippen LogP) is 2.94. The number of anilines is 1. The molecule has 1 saturated carbocycles. The summed E-state index contributed by atoms with van der Waals surface area (Å²) < 4.78 is 0. The SMILES string of the molecule is O=C(O)CC1(Nc2ncnc3c2CCCCC3)CCCC1. The van der Waals surface area contributed by atoms with E-state index in [2.05, 4.69) is 15.3 Å². The van der Waals surface area contributed by atoms with E-state index in [1.54, 1.807) is 6.33 Å². The van der Waals surface area contributed by atoms with E-state index in [0.29, 0.717) is 0 Å². The van der Waals surface area contributed by atoms with Crippen molar-refractivity contribution >= 4 is 11.8 Å². The number of carboxylic acids is 1. The molecule has 2 N–H and O–H groups in total. The van der Waals surface area contributed by atoms with Crippen molar-refractivity contribution in [2.24, 2.45) is 0 Å². The highest BCUT2D eigenvalue weighted by molar-refractivity contribution is 5.69.